The molecule has 1 aliphatic heterocycles. The van der Waals surface area contributed by atoms with Gasteiger partial charge in [0.1, 0.15) is 0 Å². The number of nitrogens with two attached hydrogens (primary N) is 1. The monoisotopic (exact) mass is 148 g/mol. The van der Waals surface area contributed by atoms with Crippen molar-refractivity contribution in [3.05, 3.63) is 23.4 Å². The largest absolute Gasteiger partial charge is 0.398 e. The molecule has 2 N–H and O–H groups in total. The Morgan fingerprint density at radius 3 is 3.27 bits per heavy atom. The van der Waals surface area contributed by atoms with Crippen LogP contribution in [0.2, 0.25) is 0 Å². The quantitative estimate of drug-likeness (QED) is 0.554. The fourth-order valence-corrected chi connectivity index (χ4v) is 1.65. The molecule has 1 heterocycles. The summed E-state index contributed by atoms with van der Waals surface area (Å²) in [6.45, 7) is 0. The van der Waals surface area contributed by atoms with Crippen LogP contribution in [-0.4, -0.2) is 12.3 Å². The van der Waals surface area contributed by atoms with E-state index in [9.17, 15) is 0 Å². The molecular formula is C9H12N2. The zero-order chi connectivity index (χ0) is 7.68. The molecule has 2 aliphatic rings. The van der Waals surface area contributed by atoms with Gasteiger partial charge in [-0.25, -0.2) is 0 Å². The highest BCUT2D eigenvalue weighted by Crippen LogP contribution is 2.26. The van der Waals surface area contributed by atoms with Crippen LogP contribution in [0.15, 0.2) is 28.4 Å². The molecule has 0 saturated heterocycles. The molecule has 0 spiro atoms. The molecular weight excluding hydrogens is 136 g/mol. The summed E-state index contributed by atoms with van der Waals surface area (Å²) in [5.41, 5.74) is 7.95. The molecule has 2 rings (SSSR count). The van der Waals surface area contributed by atoms with Crippen molar-refractivity contribution < 1.29 is 0 Å². The van der Waals surface area contributed by atoms with Crippen molar-refractivity contribution in [2.45, 2.75) is 25.3 Å². The summed E-state index contributed by atoms with van der Waals surface area (Å²) >= 11 is 0. The van der Waals surface area contributed by atoms with Gasteiger partial charge >= 0.3 is 0 Å². The topological polar surface area (TPSA) is 38.4 Å². The van der Waals surface area contributed by atoms with Gasteiger partial charge < -0.3 is 5.73 Å². The van der Waals surface area contributed by atoms with Gasteiger partial charge in [-0.05, 0) is 30.9 Å². The fourth-order valence-electron chi connectivity index (χ4n) is 1.65. The predicted octanol–water partition coefficient (Wildman–Crippen LogP) is 1.39. The van der Waals surface area contributed by atoms with E-state index in [1.165, 1.54) is 12.0 Å². The van der Waals surface area contributed by atoms with E-state index in [4.69, 9.17) is 5.73 Å². The summed E-state index contributed by atoms with van der Waals surface area (Å²) in [6.07, 6.45) is 9.50. The van der Waals surface area contributed by atoms with E-state index in [0.29, 0.717) is 6.04 Å². The first kappa shape index (κ1) is 6.65. The lowest BCUT2D eigenvalue weighted by atomic mass is 9.91. The lowest BCUT2D eigenvalue weighted by molar-refractivity contribution is 0.619. The predicted molar refractivity (Wildman–Crippen MR) is 46.5 cm³/mol. The Balaban J connectivity index is 2.34. The van der Waals surface area contributed by atoms with Crippen LogP contribution in [0.5, 0.6) is 0 Å². The van der Waals surface area contributed by atoms with Crippen LogP contribution >= 0.6 is 0 Å². The Morgan fingerprint density at radius 1 is 1.55 bits per heavy atom. The number of rotatable bonds is 0. The van der Waals surface area contributed by atoms with Crippen LogP contribution in [0.1, 0.15) is 19.3 Å². The van der Waals surface area contributed by atoms with E-state index < -0.39 is 0 Å². The minimum Gasteiger partial charge on any atom is -0.398 e. The molecule has 58 valence electrons. The van der Waals surface area contributed by atoms with Gasteiger partial charge in [0.2, 0.25) is 0 Å². The highest BCUT2D eigenvalue weighted by molar-refractivity contribution is 5.76. The summed E-state index contributed by atoms with van der Waals surface area (Å²) < 4.78 is 0. The Bertz CT molecular complexity index is 248. The number of aliphatic imine (C=N–C) groups is 1. The number of nitrogens with zero attached hydrogens (tertiary/aromatic N) is 1. The minimum atomic E-state index is 0.369. The maximum atomic E-state index is 5.79. The van der Waals surface area contributed by atoms with Crippen LogP contribution in [0.4, 0.5) is 0 Å². The maximum Gasteiger partial charge on any atom is 0.0765 e. The minimum absolute atomic E-state index is 0.369. The molecule has 1 atom stereocenters. The third-order valence-electron chi connectivity index (χ3n) is 2.26. The van der Waals surface area contributed by atoms with Crippen molar-refractivity contribution in [1.82, 2.24) is 0 Å². The lowest BCUT2D eigenvalue weighted by Crippen LogP contribution is -2.20. The molecule has 0 saturated carbocycles. The van der Waals surface area contributed by atoms with Gasteiger partial charge in [-0.2, -0.15) is 0 Å². The molecule has 0 amide bonds. The smallest absolute Gasteiger partial charge is 0.0765 e. The SMILES string of the molecule is NC1=CC=NC2CCCC=C12. The molecule has 0 aromatic heterocycles. The Kier molecular flexibility index (Phi) is 1.53. The van der Waals surface area contributed by atoms with Crippen molar-refractivity contribution in [3.63, 3.8) is 0 Å². The van der Waals surface area contributed by atoms with Crippen LogP contribution in [0.25, 0.3) is 0 Å². The molecule has 1 aliphatic carbocycles. The normalized spacial score (nSPS) is 28.9. The van der Waals surface area contributed by atoms with E-state index in [1.807, 2.05) is 12.3 Å². The van der Waals surface area contributed by atoms with Gasteiger partial charge in [-0.15, -0.1) is 0 Å². The first-order valence-corrected chi connectivity index (χ1v) is 4.07. The number of hydrogen-bond acceptors (Lipinski definition) is 2. The van der Waals surface area contributed by atoms with E-state index in [-0.39, 0.29) is 0 Å². The molecule has 0 bridgehead atoms. The third-order valence-corrected chi connectivity index (χ3v) is 2.26. The zero-order valence-electron chi connectivity index (χ0n) is 6.46. The van der Waals surface area contributed by atoms with Crippen molar-refractivity contribution >= 4 is 6.21 Å². The molecule has 2 nitrogen and oxygen atoms in total. The van der Waals surface area contributed by atoms with Gasteiger partial charge in [0.25, 0.3) is 0 Å². The van der Waals surface area contributed by atoms with Crippen molar-refractivity contribution in [2.24, 2.45) is 10.7 Å². The summed E-state index contributed by atoms with van der Waals surface area (Å²) in [4.78, 5) is 4.35. The maximum absolute atomic E-state index is 5.79. The van der Waals surface area contributed by atoms with Crippen molar-refractivity contribution in [3.8, 4) is 0 Å². The van der Waals surface area contributed by atoms with E-state index in [0.717, 1.165) is 18.5 Å². The van der Waals surface area contributed by atoms with E-state index >= 15 is 0 Å². The Hall–Kier alpha value is -1.05. The molecule has 0 radical (unpaired) electrons. The van der Waals surface area contributed by atoms with Crippen LogP contribution in [0.3, 0.4) is 0 Å². The van der Waals surface area contributed by atoms with Gasteiger partial charge in [0.15, 0.2) is 0 Å². The van der Waals surface area contributed by atoms with Crippen molar-refractivity contribution in [1.29, 1.82) is 0 Å². The zero-order valence-corrected chi connectivity index (χ0v) is 6.46. The van der Waals surface area contributed by atoms with Gasteiger partial charge in [-0.3, -0.25) is 4.99 Å². The molecule has 0 fully saturated rings. The lowest BCUT2D eigenvalue weighted by Gasteiger charge is -2.23. The number of dihydropyridines is 1. The summed E-state index contributed by atoms with van der Waals surface area (Å²) in [5.74, 6) is 0. The van der Waals surface area contributed by atoms with Gasteiger partial charge in [-0.1, -0.05) is 6.08 Å². The molecule has 11 heavy (non-hydrogen) atoms. The highest BCUT2D eigenvalue weighted by atomic mass is 14.8. The Labute approximate surface area is 66.5 Å². The Morgan fingerprint density at radius 2 is 2.45 bits per heavy atom. The second kappa shape index (κ2) is 2.53. The van der Waals surface area contributed by atoms with Crippen LogP contribution in [-0.2, 0) is 0 Å². The molecule has 0 aromatic rings. The molecule has 0 aromatic carbocycles. The van der Waals surface area contributed by atoms with Crippen molar-refractivity contribution in [2.75, 3.05) is 0 Å². The van der Waals surface area contributed by atoms with Gasteiger partial charge in [0, 0.05) is 11.9 Å². The van der Waals surface area contributed by atoms with Crippen LogP contribution < -0.4 is 5.73 Å². The summed E-state index contributed by atoms with van der Waals surface area (Å²) in [5, 5.41) is 0. The second-order valence-electron chi connectivity index (χ2n) is 3.03. The fraction of sp³-hybridized carbons (Fsp3) is 0.444. The highest BCUT2D eigenvalue weighted by Gasteiger charge is 2.19. The summed E-state index contributed by atoms with van der Waals surface area (Å²) in [6, 6.07) is 0.369. The average Bonchev–Trinajstić information content (AvgIpc) is 2.06. The standard InChI is InChI=1S/C9H12N2/c10-8-5-6-11-9-4-2-1-3-7(8)9/h3,5-6,9H,1-2,4,10H2. The summed E-state index contributed by atoms with van der Waals surface area (Å²) in [7, 11) is 0. The molecule has 1 unspecified atom stereocenters. The third kappa shape index (κ3) is 1.09. The number of allylic oxidation sites excluding steroid dienone is 2. The first-order valence-electron chi connectivity index (χ1n) is 4.07. The molecule has 2 heteroatoms. The van der Waals surface area contributed by atoms with Crippen LogP contribution in [0, 0.1) is 0 Å². The number of fused-ring (bicyclic) bond motifs is 1. The van der Waals surface area contributed by atoms with E-state index in [1.54, 1.807) is 0 Å². The van der Waals surface area contributed by atoms with Gasteiger partial charge in [0.05, 0.1) is 6.04 Å². The average molecular weight is 148 g/mol. The first-order chi connectivity index (χ1) is 5.38. The van der Waals surface area contributed by atoms with E-state index in [2.05, 4.69) is 11.1 Å². The second-order valence-corrected chi connectivity index (χ2v) is 3.03. The number of hydrogen-bond donors (Lipinski definition) is 1.